The number of rotatable bonds is 3. The van der Waals surface area contributed by atoms with Crippen LogP contribution >= 0.6 is 0 Å². The molecule has 3 heterocycles. The first-order valence-electron chi connectivity index (χ1n) is 10.8. The van der Waals surface area contributed by atoms with Crippen molar-refractivity contribution in [2.75, 3.05) is 5.73 Å². The monoisotopic (exact) mass is 402 g/mol. The molecule has 1 saturated carbocycles. The summed E-state index contributed by atoms with van der Waals surface area (Å²) in [5.74, 6) is 0.479. The summed E-state index contributed by atoms with van der Waals surface area (Å²) < 4.78 is 1.94. The topological polar surface area (TPSA) is 72.9 Å². The predicted molar refractivity (Wildman–Crippen MR) is 123 cm³/mol. The summed E-state index contributed by atoms with van der Waals surface area (Å²) in [5, 5.41) is 5.56. The van der Waals surface area contributed by atoms with Crippen LogP contribution in [0.2, 0.25) is 0 Å². The minimum atomic E-state index is 0.479. The third-order valence-corrected chi connectivity index (χ3v) is 6.00. The molecule has 30 heavy (non-hydrogen) atoms. The molecule has 5 rings (SSSR count). The van der Waals surface area contributed by atoms with E-state index in [2.05, 4.69) is 52.6 Å². The minimum absolute atomic E-state index is 0.479. The van der Waals surface area contributed by atoms with Gasteiger partial charge in [-0.25, -0.2) is 14.6 Å². The van der Waals surface area contributed by atoms with Gasteiger partial charge >= 0.3 is 0 Å². The molecular weight excluding hydrogens is 372 g/mol. The van der Waals surface area contributed by atoms with Gasteiger partial charge in [0.05, 0.1) is 17.6 Å². The molecule has 0 unspecified atom stereocenters. The summed E-state index contributed by atoms with van der Waals surface area (Å²) in [6.45, 7) is 13.2. The number of allylic oxidation sites excluding steroid dienone is 1. The third kappa shape index (κ3) is 3.16. The van der Waals surface area contributed by atoms with Gasteiger partial charge in [-0.2, -0.15) is 5.10 Å². The zero-order chi connectivity index (χ0) is 21.4. The van der Waals surface area contributed by atoms with E-state index in [4.69, 9.17) is 10.8 Å². The van der Waals surface area contributed by atoms with Gasteiger partial charge in [0.2, 0.25) is 0 Å². The zero-order valence-electron chi connectivity index (χ0n) is 18.3. The van der Waals surface area contributed by atoms with Crippen LogP contribution in [0.15, 0.2) is 36.8 Å². The van der Waals surface area contributed by atoms with Gasteiger partial charge in [-0.15, -0.1) is 0 Å². The summed E-state index contributed by atoms with van der Waals surface area (Å²) in [6.07, 6.45) is 7.46. The second-order valence-corrected chi connectivity index (χ2v) is 7.78. The molecule has 1 aromatic carbocycles. The van der Waals surface area contributed by atoms with Crippen LogP contribution in [0.1, 0.15) is 55.5 Å². The fourth-order valence-corrected chi connectivity index (χ4v) is 4.44. The lowest BCUT2D eigenvalue weighted by Crippen LogP contribution is -2.40. The third-order valence-electron chi connectivity index (χ3n) is 6.00. The van der Waals surface area contributed by atoms with E-state index in [0.29, 0.717) is 18.4 Å². The van der Waals surface area contributed by atoms with E-state index in [1.807, 2.05) is 25.5 Å². The van der Waals surface area contributed by atoms with Crippen LogP contribution in [0.4, 0.5) is 5.82 Å². The Kier molecular flexibility index (Phi) is 5.33. The first-order chi connectivity index (χ1) is 14.5. The number of hydrogen-bond acceptors (Lipinski definition) is 5. The molecule has 0 amide bonds. The molecule has 0 spiro atoms. The van der Waals surface area contributed by atoms with Crippen LogP contribution in [0.3, 0.4) is 0 Å². The summed E-state index contributed by atoms with van der Waals surface area (Å²) in [7, 11) is 0. The number of nitrogens with two attached hydrogens (primary N) is 1. The first kappa shape index (κ1) is 20.1. The number of nitrogens with zero attached hydrogens (tertiary/aromatic N) is 5. The molecule has 6 nitrogen and oxygen atoms in total. The Morgan fingerprint density at radius 3 is 2.63 bits per heavy atom. The van der Waals surface area contributed by atoms with Crippen LogP contribution in [0.5, 0.6) is 0 Å². The van der Waals surface area contributed by atoms with Gasteiger partial charge in [-0.1, -0.05) is 38.6 Å². The quantitative estimate of drug-likeness (QED) is 0.672. The number of benzene rings is 1. The lowest BCUT2D eigenvalue weighted by Gasteiger charge is -2.44. The van der Waals surface area contributed by atoms with Crippen molar-refractivity contribution >= 4 is 28.6 Å². The summed E-state index contributed by atoms with van der Waals surface area (Å²) >= 11 is 0. The summed E-state index contributed by atoms with van der Waals surface area (Å²) in [5.41, 5.74) is 13.7. The fourth-order valence-electron chi connectivity index (χ4n) is 4.44. The average Bonchev–Trinajstić information content (AvgIpc) is 3.01. The Morgan fingerprint density at radius 1 is 1.17 bits per heavy atom. The van der Waals surface area contributed by atoms with Crippen LogP contribution < -0.4 is 5.73 Å². The van der Waals surface area contributed by atoms with Crippen LogP contribution in [-0.2, 0) is 6.54 Å². The standard InChI is InChI=1S/C22H24N6.C2H6/c1-13-6-4-7-16-10-18(28(15(3)19(13)16)17-8-5-9-17)11-27-22-20(14(2)26-27)21(23)24-12-25-22;1-2/h4,6-7,10,12,17H,3,5,8-9,11H2,1-2H3,(H2,23,24,25);1-2H3. The maximum atomic E-state index is 6.07. The average molecular weight is 403 g/mol. The molecule has 1 aliphatic carbocycles. The number of aryl methyl sites for hydroxylation is 2. The Bertz CT molecular complexity index is 1140. The van der Waals surface area contributed by atoms with E-state index in [1.165, 1.54) is 48.0 Å². The Balaban J connectivity index is 0.00000106. The molecule has 2 aromatic heterocycles. The Morgan fingerprint density at radius 2 is 1.93 bits per heavy atom. The molecule has 0 bridgehead atoms. The first-order valence-corrected chi connectivity index (χ1v) is 10.8. The number of hydrogen-bond donors (Lipinski definition) is 1. The molecule has 3 aromatic rings. The maximum absolute atomic E-state index is 6.07. The highest BCUT2D eigenvalue weighted by Crippen LogP contribution is 2.41. The number of anilines is 1. The zero-order valence-corrected chi connectivity index (χ0v) is 18.3. The highest BCUT2D eigenvalue weighted by molar-refractivity contribution is 5.88. The lowest BCUT2D eigenvalue weighted by molar-refractivity contribution is 0.227. The van der Waals surface area contributed by atoms with E-state index in [0.717, 1.165) is 22.4 Å². The highest BCUT2D eigenvalue weighted by Gasteiger charge is 2.33. The highest BCUT2D eigenvalue weighted by atomic mass is 15.3. The smallest absolute Gasteiger partial charge is 0.163 e. The molecule has 0 radical (unpaired) electrons. The Labute approximate surface area is 178 Å². The van der Waals surface area contributed by atoms with Crippen LogP contribution in [0, 0.1) is 13.8 Å². The molecule has 2 aliphatic rings. The SMILES string of the molecule is C=C1c2c(C)cccc2C=C(Cn2nc(C)c3c(N)ncnc32)N1C1CCC1.CC. The van der Waals surface area contributed by atoms with Crippen LogP contribution in [-0.4, -0.2) is 30.7 Å². The molecule has 156 valence electrons. The van der Waals surface area contributed by atoms with E-state index in [9.17, 15) is 0 Å². The van der Waals surface area contributed by atoms with Gasteiger partial charge in [0.15, 0.2) is 5.65 Å². The van der Waals surface area contributed by atoms with Crippen molar-refractivity contribution < 1.29 is 0 Å². The van der Waals surface area contributed by atoms with E-state index >= 15 is 0 Å². The lowest BCUT2D eigenvalue weighted by atomic mass is 9.86. The summed E-state index contributed by atoms with van der Waals surface area (Å²) in [4.78, 5) is 11.0. The molecule has 0 saturated heterocycles. The molecule has 1 fully saturated rings. The largest absolute Gasteiger partial charge is 0.383 e. The number of nitrogen functional groups attached to an aromatic ring is 1. The van der Waals surface area contributed by atoms with Crippen LogP contribution in [0.25, 0.3) is 22.8 Å². The predicted octanol–water partition coefficient (Wildman–Crippen LogP) is 4.93. The molecule has 1 aliphatic heterocycles. The maximum Gasteiger partial charge on any atom is 0.163 e. The van der Waals surface area contributed by atoms with Crippen molar-refractivity contribution in [3.05, 3.63) is 59.2 Å². The van der Waals surface area contributed by atoms with Gasteiger partial charge in [-0.3, -0.25) is 0 Å². The second kappa shape index (κ2) is 7.94. The van der Waals surface area contributed by atoms with Crippen molar-refractivity contribution in [3.63, 3.8) is 0 Å². The van der Waals surface area contributed by atoms with Crippen molar-refractivity contribution in [2.45, 2.75) is 59.5 Å². The van der Waals surface area contributed by atoms with Gasteiger partial charge in [-0.05, 0) is 50.3 Å². The molecular formula is C24H30N6. The van der Waals surface area contributed by atoms with E-state index < -0.39 is 0 Å². The van der Waals surface area contributed by atoms with Crippen molar-refractivity contribution in [1.82, 2.24) is 24.6 Å². The van der Waals surface area contributed by atoms with Gasteiger partial charge < -0.3 is 10.6 Å². The Hall–Kier alpha value is -3.15. The summed E-state index contributed by atoms with van der Waals surface area (Å²) in [6, 6.07) is 6.94. The van der Waals surface area contributed by atoms with Gasteiger partial charge in [0, 0.05) is 23.0 Å². The molecule has 2 N–H and O–H groups in total. The fraction of sp³-hybridized carbons (Fsp3) is 0.375. The van der Waals surface area contributed by atoms with Crippen molar-refractivity contribution in [1.29, 1.82) is 0 Å². The van der Waals surface area contributed by atoms with Crippen molar-refractivity contribution in [3.8, 4) is 0 Å². The molecule has 0 atom stereocenters. The van der Waals surface area contributed by atoms with E-state index in [1.54, 1.807) is 0 Å². The van der Waals surface area contributed by atoms with Crippen molar-refractivity contribution in [2.24, 2.45) is 0 Å². The number of aromatic nitrogens is 4. The molecule has 6 heteroatoms. The normalized spacial score (nSPS) is 15.9. The van der Waals surface area contributed by atoms with Gasteiger partial charge in [0.1, 0.15) is 12.1 Å². The second-order valence-electron chi connectivity index (χ2n) is 7.78. The minimum Gasteiger partial charge on any atom is -0.383 e. The van der Waals surface area contributed by atoms with Gasteiger partial charge in [0.25, 0.3) is 0 Å². The van der Waals surface area contributed by atoms with E-state index in [-0.39, 0.29) is 0 Å². The number of fused-ring (bicyclic) bond motifs is 2.